The van der Waals surface area contributed by atoms with Gasteiger partial charge in [-0.1, -0.05) is 6.92 Å². The molecule has 2 N–H and O–H groups in total. The highest BCUT2D eigenvalue weighted by Crippen LogP contribution is 2.20. The first-order valence-corrected chi connectivity index (χ1v) is 6.79. The Hall–Kier alpha value is -0.610. The lowest BCUT2D eigenvalue weighted by molar-refractivity contribution is -0.119. The molecule has 4 nitrogen and oxygen atoms in total. The highest BCUT2D eigenvalue weighted by Gasteiger charge is 2.29. The molecule has 2 rings (SSSR count). The Morgan fingerprint density at radius 3 is 2.88 bits per heavy atom. The minimum absolute atomic E-state index is 0.210. The Kier molecular flexibility index (Phi) is 4.05. The molecule has 0 aliphatic carbocycles. The molecular formula is C13H25N3O. The Bertz CT molecular complexity index is 282. The largest absolute Gasteiger partial charge is 0.352 e. The number of nitrogens with one attached hydrogen (secondary N) is 2. The van der Waals surface area contributed by atoms with Crippen molar-refractivity contribution in [2.75, 3.05) is 20.1 Å². The summed E-state index contributed by atoms with van der Waals surface area (Å²) in [5, 5.41) is 6.66. The van der Waals surface area contributed by atoms with Crippen LogP contribution in [0.15, 0.2) is 0 Å². The monoisotopic (exact) mass is 239 g/mol. The summed E-state index contributed by atoms with van der Waals surface area (Å²) in [7, 11) is 2.20. The van der Waals surface area contributed by atoms with Crippen LogP contribution in [-0.4, -0.2) is 49.1 Å². The fraction of sp³-hybridized carbons (Fsp3) is 0.923. The smallest absolute Gasteiger partial charge is 0.220 e. The van der Waals surface area contributed by atoms with E-state index in [9.17, 15) is 4.79 Å². The predicted molar refractivity (Wildman–Crippen MR) is 68.8 cm³/mol. The van der Waals surface area contributed by atoms with Gasteiger partial charge in [0, 0.05) is 37.6 Å². The first-order valence-electron chi connectivity index (χ1n) is 6.79. The van der Waals surface area contributed by atoms with Gasteiger partial charge in [0.05, 0.1) is 0 Å². The molecule has 17 heavy (non-hydrogen) atoms. The van der Waals surface area contributed by atoms with Crippen molar-refractivity contribution in [3.8, 4) is 0 Å². The number of likely N-dealkylation sites (tertiary alicyclic amines) is 1. The molecule has 2 saturated heterocycles. The van der Waals surface area contributed by atoms with Crippen LogP contribution in [0.4, 0.5) is 0 Å². The van der Waals surface area contributed by atoms with Crippen LogP contribution in [0.25, 0.3) is 0 Å². The molecule has 0 aromatic rings. The van der Waals surface area contributed by atoms with E-state index in [0.717, 1.165) is 19.5 Å². The number of piperidine rings is 1. The summed E-state index contributed by atoms with van der Waals surface area (Å²) in [6.07, 6.45) is 2.90. The maximum atomic E-state index is 11.1. The van der Waals surface area contributed by atoms with Crippen LogP contribution in [0.2, 0.25) is 0 Å². The molecule has 0 bridgehead atoms. The molecule has 0 radical (unpaired) electrons. The number of rotatable bonds is 3. The number of carbonyl (C=O) groups is 1. The van der Waals surface area contributed by atoms with Crippen LogP contribution in [0.5, 0.6) is 0 Å². The van der Waals surface area contributed by atoms with Gasteiger partial charge in [-0.3, -0.25) is 4.79 Å². The van der Waals surface area contributed by atoms with Crippen molar-refractivity contribution < 1.29 is 4.79 Å². The van der Waals surface area contributed by atoms with Gasteiger partial charge in [-0.15, -0.1) is 0 Å². The number of hydrogen-bond acceptors (Lipinski definition) is 3. The number of nitrogens with zero attached hydrogens (tertiary/aromatic N) is 1. The van der Waals surface area contributed by atoms with E-state index in [4.69, 9.17) is 0 Å². The Balaban J connectivity index is 1.76. The van der Waals surface area contributed by atoms with Crippen molar-refractivity contribution >= 4 is 5.91 Å². The molecule has 0 spiro atoms. The van der Waals surface area contributed by atoms with E-state index in [1.165, 1.54) is 6.42 Å². The van der Waals surface area contributed by atoms with Crippen molar-refractivity contribution in [1.82, 2.24) is 15.5 Å². The second-order valence-corrected chi connectivity index (χ2v) is 5.82. The van der Waals surface area contributed by atoms with Gasteiger partial charge in [-0.25, -0.2) is 0 Å². The Labute approximate surface area is 104 Å². The maximum Gasteiger partial charge on any atom is 0.220 e. The molecule has 4 atom stereocenters. The van der Waals surface area contributed by atoms with Gasteiger partial charge >= 0.3 is 0 Å². The average molecular weight is 239 g/mol. The number of carbonyl (C=O) groups excluding carboxylic acids is 1. The van der Waals surface area contributed by atoms with Gasteiger partial charge in [0.2, 0.25) is 5.91 Å². The molecule has 0 aromatic heterocycles. The molecule has 0 aromatic carbocycles. The molecule has 1 amide bonds. The van der Waals surface area contributed by atoms with Crippen LogP contribution in [0.1, 0.15) is 33.1 Å². The van der Waals surface area contributed by atoms with E-state index in [-0.39, 0.29) is 5.91 Å². The summed E-state index contributed by atoms with van der Waals surface area (Å²) >= 11 is 0. The van der Waals surface area contributed by atoms with Crippen molar-refractivity contribution in [3.63, 3.8) is 0 Å². The van der Waals surface area contributed by atoms with Gasteiger partial charge in [0.25, 0.3) is 0 Å². The van der Waals surface area contributed by atoms with Gasteiger partial charge in [0.15, 0.2) is 0 Å². The fourth-order valence-electron chi connectivity index (χ4n) is 2.95. The summed E-state index contributed by atoms with van der Waals surface area (Å²) in [6, 6.07) is 1.60. The minimum atomic E-state index is 0.210. The summed E-state index contributed by atoms with van der Waals surface area (Å²) in [6.45, 7) is 6.69. The topological polar surface area (TPSA) is 44.4 Å². The molecule has 2 aliphatic rings. The first-order chi connectivity index (χ1) is 8.06. The molecule has 0 saturated carbocycles. The van der Waals surface area contributed by atoms with E-state index < -0.39 is 0 Å². The molecule has 4 unspecified atom stereocenters. The quantitative estimate of drug-likeness (QED) is 0.757. The Morgan fingerprint density at radius 2 is 2.24 bits per heavy atom. The van der Waals surface area contributed by atoms with Gasteiger partial charge < -0.3 is 15.5 Å². The predicted octanol–water partition coefficient (Wildman–Crippen LogP) is 0.583. The standard InChI is InChI=1S/C13H25N3O/c1-9-8-16(3)10(2)6-12(9)14-7-11-4-5-13(17)15-11/h9-12,14H,4-8H2,1-3H3,(H,15,17). The summed E-state index contributed by atoms with van der Waals surface area (Å²) in [4.78, 5) is 13.5. The highest BCUT2D eigenvalue weighted by molar-refractivity contribution is 5.78. The second-order valence-electron chi connectivity index (χ2n) is 5.82. The van der Waals surface area contributed by atoms with Gasteiger partial charge in [-0.05, 0) is 32.7 Å². The van der Waals surface area contributed by atoms with Gasteiger partial charge in [-0.2, -0.15) is 0 Å². The summed E-state index contributed by atoms with van der Waals surface area (Å²) < 4.78 is 0. The SMILES string of the molecule is CC1CN(C)C(C)CC1NCC1CCC(=O)N1. The van der Waals surface area contributed by atoms with Crippen LogP contribution in [0, 0.1) is 5.92 Å². The zero-order valence-electron chi connectivity index (χ0n) is 11.2. The van der Waals surface area contributed by atoms with Crippen LogP contribution < -0.4 is 10.6 Å². The van der Waals surface area contributed by atoms with Crippen molar-refractivity contribution in [1.29, 1.82) is 0 Å². The molecule has 2 aliphatic heterocycles. The van der Waals surface area contributed by atoms with E-state index in [2.05, 4.69) is 36.4 Å². The van der Waals surface area contributed by atoms with Crippen molar-refractivity contribution in [3.05, 3.63) is 0 Å². The van der Waals surface area contributed by atoms with E-state index >= 15 is 0 Å². The average Bonchev–Trinajstić information content (AvgIpc) is 2.68. The minimum Gasteiger partial charge on any atom is -0.352 e. The fourth-order valence-corrected chi connectivity index (χ4v) is 2.95. The zero-order chi connectivity index (χ0) is 12.4. The van der Waals surface area contributed by atoms with E-state index in [1.807, 2.05) is 0 Å². The third-order valence-electron chi connectivity index (χ3n) is 4.32. The van der Waals surface area contributed by atoms with Crippen molar-refractivity contribution in [2.24, 2.45) is 5.92 Å². The normalized spacial score (nSPS) is 39.4. The third kappa shape index (κ3) is 3.19. The molecule has 2 heterocycles. The maximum absolute atomic E-state index is 11.1. The van der Waals surface area contributed by atoms with Crippen LogP contribution >= 0.6 is 0 Å². The van der Waals surface area contributed by atoms with Crippen molar-refractivity contribution in [2.45, 2.75) is 51.2 Å². The molecular weight excluding hydrogens is 214 g/mol. The number of amides is 1. The third-order valence-corrected chi connectivity index (χ3v) is 4.32. The first kappa shape index (κ1) is 12.8. The summed E-state index contributed by atoms with van der Waals surface area (Å²) in [5.74, 6) is 0.898. The van der Waals surface area contributed by atoms with E-state index in [0.29, 0.717) is 30.5 Å². The second kappa shape index (κ2) is 5.36. The lowest BCUT2D eigenvalue weighted by Crippen LogP contribution is -2.52. The molecule has 4 heteroatoms. The Morgan fingerprint density at radius 1 is 1.47 bits per heavy atom. The molecule has 98 valence electrons. The van der Waals surface area contributed by atoms with Gasteiger partial charge in [0.1, 0.15) is 0 Å². The lowest BCUT2D eigenvalue weighted by Gasteiger charge is -2.40. The molecule has 2 fully saturated rings. The van der Waals surface area contributed by atoms with Crippen LogP contribution in [0.3, 0.4) is 0 Å². The zero-order valence-corrected chi connectivity index (χ0v) is 11.2. The van der Waals surface area contributed by atoms with E-state index in [1.54, 1.807) is 0 Å². The highest BCUT2D eigenvalue weighted by atomic mass is 16.1. The van der Waals surface area contributed by atoms with Crippen LogP contribution in [-0.2, 0) is 4.79 Å². The lowest BCUT2D eigenvalue weighted by atomic mass is 9.89. The summed E-state index contributed by atoms with van der Waals surface area (Å²) in [5.41, 5.74) is 0. The number of hydrogen-bond donors (Lipinski definition) is 2.